The van der Waals surface area contributed by atoms with Crippen molar-refractivity contribution in [2.45, 2.75) is 124 Å². The van der Waals surface area contributed by atoms with Gasteiger partial charge >= 0.3 is 0 Å². The summed E-state index contributed by atoms with van der Waals surface area (Å²) in [7, 11) is 0. The molecule has 0 aromatic rings. The number of allylic oxidation sites excluding steroid dienone is 5. The quantitative estimate of drug-likeness (QED) is 0.170. The van der Waals surface area contributed by atoms with Crippen LogP contribution in [0.1, 0.15) is 118 Å². The summed E-state index contributed by atoms with van der Waals surface area (Å²) in [4.78, 5) is 0. The lowest BCUT2D eigenvalue weighted by atomic mass is 9.76. The Balaban J connectivity index is 3.91. The Labute approximate surface area is 183 Å². The Morgan fingerprint density at radius 3 is 1.79 bits per heavy atom. The lowest BCUT2D eigenvalue weighted by Gasteiger charge is -2.33. The zero-order valence-electron chi connectivity index (χ0n) is 20.2. The summed E-state index contributed by atoms with van der Waals surface area (Å²) >= 11 is 0. The van der Waals surface area contributed by atoms with Gasteiger partial charge in [0.15, 0.2) is 0 Å². The Morgan fingerprint density at radius 1 is 0.759 bits per heavy atom. The van der Waals surface area contributed by atoms with Crippen molar-refractivity contribution < 1.29 is 0 Å². The molecule has 0 saturated carbocycles. The molecule has 0 aliphatic heterocycles. The van der Waals surface area contributed by atoms with E-state index in [1.54, 1.807) is 0 Å². The molecule has 0 radical (unpaired) electrons. The van der Waals surface area contributed by atoms with Gasteiger partial charge in [0.2, 0.25) is 0 Å². The predicted molar refractivity (Wildman–Crippen MR) is 133 cm³/mol. The highest BCUT2D eigenvalue weighted by Crippen LogP contribution is 2.32. The van der Waals surface area contributed by atoms with Crippen molar-refractivity contribution in [2.24, 2.45) is 16.9 Å². The third-order valence-corrected chi connectivity index (χ3v) is 6.35. The van der Waals surface area contributed by atoms with E-state index < -0.39 is 0 Å². The molecule has 0 spiro atoms. The van der Waals surface area contributed by atoms with Gasteiger partial charge in [0, 0.05) is 11.5 Å². The topological polar surface area (TPSA) is 52.0 Å². The van der Waals surface area contributed by atoms with Gasteiger partial charge in [0.05, 0.1) is 0 Å². The van der Waals surface area contributed by atoms with E-state index in [1.807, 2.05) is 0 Å². The fourth-order valence-corrected chi connectivity index (χ4v) is 3.65. The molecule has 0 rings (SSSR count). The Kier molecular flexibility index (Phi) is 18.6. The van der Waals surface area contributed by atoms with Crippen molar-refractivity contribution in [3.63, 3.8) is 0 Å². The van der Waals surface area contributed by atoms with Gasteiger partial charge in [-0.2, -0.15) is 0 Å². The number of rotatable bonds is 19. The number of hydrogen-bond acceptors (Lipinski definition) is 2. The van der Waals surface area contributed by atoms with Crippen LogP contribution in [0, 0.1) is 5.41 Å². The van der Waals surface area contributed by atoms with Gasteiger partial charge in [-0.3, -0.25) is 0 Å². The summed E-state index contributed by atoms with van der Waals surface area (Å²) in [6.07, 6.45) is 29.0. The van der Waals surface area contributed by atoms with Crippen molar-refractivity contribution >= 4 is 0 Å². The second kappa shape index (κ2) is 19.1. The largest absolute Gasteiger partial charge is 0.330 e. The Bertz CT molecular complexity index is 445. The molecule has 29 heavy (non-hydrogen) atoms. The fourth-order valence-electron chi connectivity index (χ4n) is 3.65. The molecule has 0 fully saturated rings. The molecular formula is C27H52N2. The fraction of sp³-hybridized carbons (Fsp3) is 0.778. The number of nitrogens with two attached hydrogens (primary N) is 2. The molecule has 0 aliphatic rings. The first-order valence-corrected chi connectivity index (χ1v) is 12.4. The van der Waals surface area contributed by atoms with Gasteiger partial charge in [0.1, 0.15) is 0 Å². The van der Waals surface area contributed by atoms with Crippen molar-refractivity contribution in [2.75, 3.05) is 6.54 Å². The van der Waals surface area contributed by atoms with E-state index in [-0.39, 0.29) is 11.5 Å². The predicted octanol–water partition coefficient (Wildman–Crippen LogP) is 7.84. The van der Waals surface area contributed by atoms with Crippen LogP contribution in [-0.4, -0.2) is 12.6 Å². The van der Waals surface area contributed by atoms with Crippen LogP contribution in [0.4, 0.5) is 0 Å². The van der Waals surface area contributed by atoms with Crippen molar-refractivity contribution in [1.82, 2.24) is 0 Å². The molecule has 0 bridgehead atoms. The first-order chi connectivity index (χ1) is 14.0. The first kappa shape index (κ1) is 28.1. The molecule has 0 heterocycles. The van der Waals surface area contributed by atoms with Crippen LogP contribution in [0.2, 0.25) is 0 Å². The molecule has 1 unspecified atom stereocenters. The lowest BCUT2D eigenvalue weighted by Crippen LogP contribution is -2.38. The van der Waals surface area contributed by atoms with Crippen LogP contribution in [0.3, 0.4) is 0 Å². The van der Waals surface area contributed by atoms with E-state index in [2.05, 4.69) is 58.1 Å². The Hall–Kier alpha value is -0.860. The van der Waals surface area contributed by atoms with Gasteiger partial charge in [-0.25, -0.2) is 0 Å². The molecule has 0 aliphatic carbocycles. The van der Waals surface area contributed by atoms with E-state index in [0.717, 1.165) is 38.6 Å². The highest BCUT2D eigenvalue weighted by atomic mass is 14.7. The molecule has 2 heteroatoms. The van der Waals surface area contributed by atoms with E-state index in [9.17, 15) is 0 Å². The third kappa shape index (κ3) is 15.6. The van der Waals surface area contributed by atoms with Gasteiger partial charge < -0.3 is 11.5 Å². The third-order valence-electron chi connectivity index (χ3n) is 6.35. The highest BCUT2D eigenvalue weighted by Gasteiger charge is 2.27. The van der Waals surface area contributed by atoms with Crippen molar-refractivity contribution in [3.05, 3.63) is 36.0 Å². The van der Waals surface area contributed by atoms with Crippen molar-refractivity contribution in [3.8, 4) is 0 Å². The Morgan fingerprint density at radius 2 is 1.24 bits per heavy atom. The molecule has 170 valence electrons. The average molecular weight is 405 g/mol. The maximum absolute atomic E-state index is 6.59. The van der Waals surface area contributed by atoms with Crippen LogP contribution in [0.5, 0.6) is 0 Å². The number of hydrogen-bond donors (Lipinski definition) is 2. The SMILES string of the molecule is CC=CCCC=CCCC=C(C)C(C)(C)C(N)CCCCCCCCCCCN. The second-order valence-electron chi connectivity index (χ2n) is 9.17. The smallest absolute Gasteiger partial charge is 0.0128 e. The maximum atomic E-state index is 6.59. The second-order valence-corrected chi connectivity index (χ2v) is 9.17. The molecule has 0 saturated heterocycles. The number of unbranched alkanes of at least 4 members (excludes halogenated alkanes) is 10. The zero-order valence-corrected chi connectivity index (χ0v) is 20.2. The van der Waals surface area contributed by atoms with Gasteiger partial charge in [-0.1, -0.05) is 101 Å². The van der Waals surface area contributed by atoms with Crippen LogP contribution in [0.15, 0.2) is 36.0 Å². The van der Waals surface area contributed by atoms with Crippen molar-refractivity contribution in [1.29, 1.82) is 0 Å². The van der Waals surface area contributed by atoms with E-state index >= 15 is 0 Å². The standard InChI is InChI=1S/C27H52N2/c1-5-6-7-8-9-13-16-19-22-25(2)27(3,4)26(29)23-20-17-14-11-10-12-15-18-21-24-28/h5-6,9,13,22,26H,7-8,10-12,14-21,23-24,28-29H2,1-4H3. The van der Waals surface area contributed by atoms with Gasteiger partial charge in [-0.15, -0.1) is 0 Å². The highest BCUT2D eigenvalue weighted by molar-refractivity contribution is 5.13. The summed E-state index contributed by atoms with van der Waals surface area (Å²) < 4.78 is 0. The van der Waals surface area contributed by atoms with Crippen LogP contribution < -0.4 is 11.5 Å². The van der Waals surface area contributed by atoms with E-state index in [0.29, 0.717) is 0 Å². The summed E-state index contributed by atoms with van der Waals surface area (Å²) in [5, 5.41) is 0. The maximum Gasteiger partial charge on any atom is 0.0128 e. The van der Waals surface area contributed by atoms with Crippen LogP contribution in [-0.2, 0) is 0 Å². The zero-order chi connectivity index (χ0) is 21.8. The molecule has 0 aromatic carbocycles. The minimum Gasteiger partial charge on any atom is -0.330 e. The summed E-state index contributed by atoms with van der Waals surface area (Å²) in [5.41, 5.74) is 13.7. The molecule has 0 aromatic heterocycles. The molecule has 4 N–H and O–H groups in total. The summed E-state index contributed by atoms with van der Waals surface area (Å²) in [6.45, 7) is 9.83. The average Bonchev–Trinajstić information content (AvgIpc) is 2.70. The van der Waals surface area contributed by atoms with Crippen LogP contribution in [0.25, 0.3) is 0 Å². The lowest BCUT2D eigenvalue weighted by molar-refractivity contribution is 0.321. The minimum atomic E-state index is 0.0959. The molecule has 1 atom stereocenters. The molecular weight excluding hydrogens is 352 g/mol. The molecule has 2 nitrogen and oxygen atoms in total. The van der Waals surface area contributed by atoms with Gasteiger partial charge in [-0.05, 0) is 58.9 Å². The van der Waals surface area contributed by atoms with Crippen LogP contribution >= 0.6 is 0 Å². The normalized spacial score (nSPS) is 14.3. The van der Waals surface area contributed by atoms with Gasteiger partial charge in [0.25, 0.3) is 0 Å². The van der Waals surface area contributed by atoms with E-state index in [4.69, 9.17) is 11.5 Å². The summed E-state index contributed by atoms with van der Waals surface area (Å²) in [5.74, 6) is 0. The van der Waals surface area contributed by atoms with E-state index in [1.165, 1.54) is 63.4 Å². The monoisotopic (exact) mass is 404 g/mol. The molecule has 0 amide bonds. The first-order valence-electron chi connectivity index (χ1n) is 12.4. The minimum absolute atomic E-state index is 0.0959. The summed E-state index contributed by atoms with van der Waals surface area (Å²) in [6, 6.07) is 0.256.